The van der Waals surface area contributed by atoms with Crippen LogP contribution in [0.4, 0.5) is 0 Å². The lowest BCUT2D eigenvalue weighted by Crippen LogP contribution is -2.30. The van der Waals surface area contributed by atoms with E-state index in [-0.39, 0.29) is 23.6 Å². The number of thioether (sulfide) groups is 1. The summed E-state index contributed by atoms with van der Waals surface area (Å²) in [4.78, 5) is 12.6. The molecule has 27 heavy (non-hydrogen) atoms. The molecule has 0 aliphatic rings. The number of aromatic nitrogens is 3. The highest BCUT2D eigenvalue weighted by molar-refractivity contribution is 7.99. The van der Waals surface area contributed by atoms with E-state index in [9.17, 15) is 4.79 Å². The zero-order valence-corrected chi connectivity index (χ0v) is 16.2. The van der Waals surface area contributed by atoms with Crippen molar-refractivity contribution in [3.05, 3.63) is 77.6 Å². The number of amides is 1. The van der Waals surface area contributed by atoms with Crippen LogP contribution in [0.15, 0.2) is 65.8 Å². The molecule has 1 amide bonds. The minimum Gasteiger partial charge on any atom is -0.344 e. The zero-order valence-electron chi connectivity index (χ0n) is 15.4. The average Bonchev–Trinajstić information content (AvgIpc) is 3.06. The van der Waals surface area contributed by atoms with Gasteiger partial charge in [0.2, 0.25) is 11.1 Å². The molecule has 7 heteroatoms. The quantitative estimate of drug-likeness (QED) is 0.485. The first kappa shape index (κ1) is 19.0. The van der Waals surface area contributed by atoms with Crippen molar-refractivity contribution < 1.29 is 4.79 Å². The Balaban J connectivity index is 1.70. The molecule has 0 atom stereocenters. The number of nitrogen functional groups attached to an aromatic ring is 1. The van der Waals surface area contributed by atoms with Gasteiger partial charge < -0.3 is 11.2 Å². The van der Waals surface area contributed by atoms with Gasteiger partial charge >= 0.3 is 0 Å². The van der Waals surface area contributed by atoms with Crippen LogP contribution in [0.25, 0.3) is 0 Å². The van der Waals surface area contributed by atoms with Gasteiger partial charge in [0.05, 0.1) is 11.8 Å². The van der Waals surface area contributed by atoms with Crippen molar-refractivity contribution in [2.45, 2.75) is 31.0 Å². The molecule has 2 aromatic carbocycles. The van der Waals surface area contributed by atoms with Crippen molar-refractivity contribution in [1.29, 1.82) is 0 Å². The molecule has 6 nitrogen and oxygen atoms in total. The van der Waals surface area contributed by atoms with Crippen molar-refractivity contribution in [1.82, 2.24) is 20.2 Å². The summed E-state index contributed by atoms with van der Waals surface area (Å²) in [6, 6.07) is 19.6. The highest BCUT2D eigenvalue weighted by Gasteiger charge is 2.18. The van der Waals surface area contributed by atoms with Crippen molar-refractivity contribution in [2.24, 2.45) is 0 Å². The van der Waals surface area contributed by atoms with Crippen molar-refractivity contribution in [2.75, 3.05) is 11.6 Å². The van der Waals surface area contributed by atoms with Gasteiger partial charge in [-0.05, 0) is 11.1 Å². The van der Waals surface area contributed by atoms with Gasteiger partial charge in [-0.15, -0.1) is 10.2 Å². The minimum absolute atomic E-state index is 0.0909. The summed E-state index contributed by atoms with van der Waals surface area (Å²) < 4.78 is 1.45. The molecule has 3 aromatic rings. The maximum atomic E-state index is 12.6. The molecule has 0 saturated heterocycles. The number of nitrogens with zero attached hydrogens (tertiary/aromatic N) is 3. The zero-order chi connectivity index (χ0) is 19.2. The summed E-state index contributed by atoms with van der Waals surface area (Å²) in [5.74, 6) is 7.00. The number of rotatable bonds is 7. The largest absolute Gasteiger partial charge is 0.344 e. The highest BCUT2D eigenvalue weighted by Crippen LogP contribution is 2.23. The van der Waals surface area contributed by atoms with E-state index >= 15 is 0 Å². The standard InChI is InChI=1S/C20H23N5OS/c1-14(2)19-23-24-20(25(19)21)27-13-17(26)22-18(15-9-5-3-6-10-15)16-11-7-4-8-12-16/h3-12,14,18H,13,21H2,1-2H3,(H,22,26). The van der Waals surface area contributed by atoms with Gasteiger partial charge in [0, 0.05) is 5.92 Å². The Morgan fingerprint density at radius 2 is 1.59 bits per heavy atom. The van der Waals surface area contributed by atoms with E-state index in [1.165, 1.54) is 16.4 Å². The van der Waals surface area contributed by atoms with E-state index in [2.05, 4.69) is 15.5 Å². The first-order chi connectivity index (χ1) is 13.1. The van der Waals surface area contributed by atoms with Crippen LogP contribution < -0.4 is 11.2 Å². The number of nitrogens with one attached hydrogen (secondary N) is 1. The molecular formula is C20H23N5OS. The summed E-state index contributed by atoms with van der Waals surface area (Å²) in [5.41, 5.74) is 2.07. The van der Waals surface area contributed by atoms with Gasteiger partial charge in [-0.3, -0.25) is 4.79 Å². The van der Waals surface area contributed by atoms with Crippen LogP contribution in [0.5, 0.6) is 0 Å². The van der Waals surface area contributed by atoms with Crippen LogP contribution >= 0.6 is 11.8 Å². The predicted octanol–water partition coefficient (Wildman–Crippen LogP) is 3.11. The summed E-state index contributed by atoms with van der Waals surface area (Å²) in [6.07, 6.45) is 0. The van der Waals surface area contributed by atoms with Crippen LogP contribution in [0, 0.1) is 0 Å². The number of hydrogen-bond acceptors (Lipinski definition) is 5. The van der Waals surface area contributed by atoms with E-state index in [1.54, 1.807) is 0 Å². The summed E-state index contributed by atoms with van der Waals surface area (Å²) >= 11 is 1.28. The van der Waals surface area contributed by atoms with Gasteiger partial charge in [0.1, 0.15) is 0 Å². The van der Waals surface area contributed by atoms with Crippen molar-refractivity contribution in [3.63, 3.8) is 0 Å². The van der Waals surface area contributed by atoms with E-state index in [0.717, 1.165) is 11.1 Å². The van der Waals surface area contributed by atoms with E-state index < -0.39 is 0 Å². The monoisotopic (exact) mass is 381 g/mol. The molecule has 140 valence electrons. The van der Waals surface area contributed by atoms with E-state index in [1.807, 2.05) is 74.5 Å². The number of carbonyl (C=O) groups is 1. The Morgan fingerprint density at radius 3 is 2.07 bits per heavy atom. The molecule has 1 heterocycles. The highest BCUT2D eigenvalue weighted by atomic mass is 32.2. The predicted molar refractivity (Wildman–Crippen MR) is 108 cm³/mol. The molecule has 0 radical (unpaired) electrons. The van der Waals surface area contributed by atoms with Crippen LogP contribution in [-0.2, 0) is 4.79 Å². The molecular weight excluding hydrogens is 358 g/mol. The fraction of sp³-hybridized carbons (Fsp3) is 0.250. The van der Waals surface area contributed by atoms with Crippen LogP contribution in [0.3, 0.4) is 0 Å². The number of benzene rings is 2. The second-order valence-corrected chi connectivity index (χ2v) is 7.42. The maximum absolute atomic E-state index is 12.6. The maximum Gasteiger partial charge on any atom is 0.231 e. The van der Waals surface area contributed by atoms with Crippen LogP contribution in [0.2, 0.25) is 0 Å². The van der Waals surface area contributed by atoms with Gasteiger partial charge in [-0.2, -0.15) is 0 Å². The van der Waals surface area contributed by atoms with Crippen LogP contribution in [-0.4, -0.2) is 26.5 Å². The third-order valence-corrected chi connectivity index (χ3v) is 5.05. The first-order valence-electron chi connectivity index (χ1n) is 8.78. The molecule has 1 aromatic heterocycles. The smallest absolute Gasteiger partial charge is 0.231 e. The van der Waals surface area contributed by atoms with Crippen molar-refractivity contribution >= 4 is 17.7 Å². The number of hydrogen-bond donors (Lipinski definition) is 2. The average molecular weight is 382 g/mol. The lowest BCUT2D eigenvalue weighted by molar-refractivity contribution is -0.119. The van der Waals surface area contributed by atoms with E-state index in [4.69, 9.17) is 5.84 Å². The molecule has 0 bridgehead atoms. The van der Waals surface area contributed by atoms with Crippen molar-refractivity contribution in [3.8, 4) is 0 Å². The van der Waals surface area contributed by atoms with Crippen LogP contribution in [0.1, 0.15) is 42.8 Å². The van der Waals surface area contributed by atoms with Gasteiger partial charge in [0.25, 0.3) is 0 Å². The Kier molecular flexibility index (Phi) is 6.13. The minimum atomic E-state index is -0.206. The second-order valence-electron chi connectivity index (χ2n) is 6.48. The first-order valence-corrected chi connectivity index (χ1v) is 9.77. The Hall–Kier alpha value is -2.80. The summed E-state index contributed by atoms with van der Waals surface area (Å²) in [7, 11) is 0. The fourth-order valence-corrected chi connectivity index (χ4v) is 3.44. The molecule has 0 aliphatic carbocycles. The third-order valence-electron chi connectivity index (χ3n) is 4.11. The molecule has 0 spiro atoms. The summed E-state index contributed by atoms with van der Waals surface area (Å²) in [5, 5.41) is 11.8. The summed E-state index contributed by atoms with van der Waals surface area (Å²) in [6.45, 7) is 4.00. The molecule has 0 aliphatic heterocycles. The molecule has 3 rings (SSSR count). The van der Waals surface area contributed by atoms with Gasteiger partial charge in [0.15, 0.2) is 5.82 Å². The molecule has 0 saturated carbocycles. The third kappa shape index (κ3) is 4.68. The molecule has 0 fully saturated rings. The lowest BCUT2D eigenvalue weighted by atomic mass is 9.99. The SMILES string of the molecule is CC(C)c1nnc(SCC(=O)NC(c2ccccc2)c2ccccc2)n1N. The molecule has 3 N–H and O–H groups in total. The Morgan fingerprint density at radius 1 is 1.04 bits per heavy atom. The number of carbonyl (C=O) groups excluding carboxylic acids is 1. The normalized spacial score (nSPS) is 11.1. The lowest BCUT2D eigenvalue weighted by Gasteiger charge is -2.19. The second kappa shape index (κ2) is 8.73. The Bertz CT molecular complexity index is 840. The number of nitrogens with two attached hydrogens (primary N) is 1. The molecule has 0 unspecified atom stereocenters. The fourth-order valence-electron chi connectivity index (χ4n) is 2.76. The topological polar surface area (TPSA) is 85.8 Å². The Labute approximate surface area is 163 Å². The van der Waals surface area contributed by atoms with E-state index in [0.29, 0.717) is 11.0 Å². The van der Waals surface area contributed by atoms with Gasteiger partial charge in [-0.25, -0.2) is 4.68 Å². The van der Waals surface area contributed by atoms with Gasteiger partial charge in [-0.1, -0.05) is 86.3 Å².